The third-order valence-corrected chi connectivity index (χ3v) is 2.30. The van der Waals surface area contributed by atoms with Crippen LogP contribution in [0, 0.1) is 18.3 Å². The van der Waals surface area contributed by atoms with Gasteiger partial charge < -0.3 is 0 Å². The van der Waals surface area contributed by atoms with Gasteiger partial charge >= 0.3 is 0 Å². The number of rotatable bonds is 3. The first-order valence-corrected chi connectivity index (χ1v) is 4.97. The number of hydrazine groups is 2. The lowest BCUT2D eigenvalue weighted by Crippen LogP contribution is -2.52. The fourth-order valence-corrected chi connectivity index (χ4v) is 1.46. The van der Waals surface area contributed by atoms with E-state index in [1.165, 1.54) is 0 Å². The summed E-state index contributed by atoms with van der Waals surface area (Å²) in [7, 11) is 0. The van der Waals surface area contributed by atoms with Crippen molar-refractivity contribution < 1.29 is 9.59 Å². The summed E-state index contributed by atoms with van der Waals surface area (Å²) >= 11 is 0. The van der Waals surface area contributed by atoms with Crippen LogP contribution in [0.3, 0.4) is 0 Å². The predicted molar refractivity (Wildman–Crippen MR) is 55.1 cm³/mol. The Bertz CT molecular complexity index is 283. The molecule has 0 bridgehead atoms. The SMILES string of the molecule is C#CCCCC1CNNNC(=O)CC1=O. The number of hydrogen-bond acceptors (Lipinski definition) is 4. The normalized spacial score (nSPS) is 22.5. The number of unbranched alkanes of at least 4 members (excludes halogenated alkanes) is 1. The van der Waals surface area contributed by atoms with Gasteiger partial charge in [0, 0.05) is 18.9 Å². The standard InChI is InChI=1S/C10H15N3O2/c1-2-3-4-5-8-7-11-13-12-10(15)6-9(8)14/h1,8,11,13H,3-7H2,(H,12,15). The van der Waals surface area contributed by atoms with Crippen molar-refractivity contribution in [1.82, 2.24) is 16.4 Å². The monoisotopic (exact) mass is 209 g/mol. The third kappa shape index (κ3) is 4.11. The molecule has 15 heavy (non-hydrogen) atoms. The molecule has 5 nitrogen and oxygen atoms in total. The zero-order valence-electron chi connectivity index (χ0n) is 8.51. The van der Waals surface area contributed by atoms with Gasteiger partial charge in [-0.05, 0) is 12.8 Å². The number of Topliss-reactive ketones (excluding diaryl/α,β-unsaturated/α-hetero) is 1. The van der Waals surface area contributed by atoms with Gasteiger partial charge in [0.05, 0.1) is 6.42 Å². The minimum absolute atomic E-state index is 0.0291. The summed E-state index contributed by atoms with van der Waals surface area (Å²) < 4.78 is 0. The van der Waals surface area contributed by atoms with Crippen LogP contribution in [0.4, 0.5) is 0 Å². The number of hydrogen-bond donors (Lipinski definition) is 3. The van der Waals surface area contributed by atoms with Crippen LogP contribution in [0.25, 0.3) is 0 Å². The van der Waals surface area contributed by atoms with Crippen molar-refractivity contribution in [1.29, 1.82) is 0 Å². The van der Waals surface area contributed by atoms with E-state index < -0.39 is 0 Å². The van der Waals surface area contributed by atoms with Gasteiger partial charge in [-0.15, -0.1) is 12.3 Å². The highest BCUT2D eigenvalue weighted by Gasteiger charge is 2.22. The van der Waals surface area contributed by atoms with Crippen molar-refractivity contribution in [3.8, 4) is 12.3 Å². The zero-order chi connectivity index (χ0) is 11.1. The molecule has 1 rings (SSSR count). The summed E-state index contributed by atoms with van der Waals surface area (Å²) in [5, 5.41) is 0. The molecule has 0 aromatic rings. The van der Waals surface area contributed by atoms with Crippen molar-refractivity contribution in [3.05, 3.63) is 0 Å². The first-order chi connectivity index (χ1) is 7.24. The topological polar surface area (TPSA) is 70.2 Å². The molecule has 1 aliphatic rings. The summed E-state index contributed by atoms with van der Waals surface area (Å²) in [5.41, 5.74) is 7.66. The second-order valence-electron chi connectivity index (χ2n) is 3.49. The Kier molecular flexibility index (Phi) is 4.81. The smallest absolute Gasteiger partial charge is 0.242 e. The van der Waals surface area contributed by atoms with Crippen molar-refractivity contribution >= 4 is 11.7 Å². The lowest BCUT2D eigenvalue weighted by molar-refractivity contribution is -0.132. The van der Waals surface area contributed by atoms with Gasteiger partial charge in [-0.2, -0.15) is 5.53 Å². The van der Waals surface area contributed by atoms with E-state index >= 15 is 0 Å². The van der Waals surface area contributed by atoms with Gasteiger partial charge in [0.25, 0.3) is 0 Å². The maximum Gasteiger partial charge on any atom is 0.242 e. The molecule has 0 radical (unpaired) electrons. The first kappa shape index (κ1) is 11.7. The second-order valence-corrected chi connectivity index (χ2v) is 3.49. The molecule has 1 amide bonds. The minimum Gasteiger partial charge on any atom is -0.299 e. The molecule has 0 aromatic heterocycles. The van der Waals surface area contributed by atoms with E-state index in [0.717, 1.165) is 12.8 Å². The van der Waals surface area contributed by atoms with Gasteiger partial charge in [0.1, 0.15) is 5.78 Å². The van der Waals surface area contributed by atoms with E-state index in [0.29, 0.717) is 13.0 Å². The molecular formula is C10H15N3O2. The Balaban J connectivity index is 2.42. The highest BCUT2D eigenvalue weighted by atomic mass is 16.2. The average Bonchev–Trinajstić information content (AvgIpc) is 2.19. The Morgan fingerprint density at radius 1 is 1.47 bits per heavy atom. The summed E-state index contributed by atoms with van der Waals surface area (Å²) in [5.74, 6) is 2.06. The lowest BCUT2D eigenvalue weighted by atomic mass is 9.95. The Morgan fingerprint density at radius 3 is 3.00 bits per heavy atom. The molecule has 0 spiro atoms. The van der Waals surface area contributed by atoms with E-state index in [2.05, 4.69) is 22.3 Å². The average molecular weight is 209 g/mol. The number of carbonyl (C=O) groups is 2. The third-order valence-electron chi connectivity index (χ3n) is 2.30. The fraction of sp³-hybridized carbons (Fsp3) is 0.600. The number of terminal acetylenes is 1. The molecule has 1 unspecified atom stereocenters. The number of nitrogens with one attached hydrogen (secondary N) is 3. The molecule has 1 saturated heterocycles. The Morgan fingerprint density at radius 2 is 2.27 bits per heavy atom. The number of ketones is 1. The quantitative estimate of drug-likeness (QED) is 0.333. The fourth-order valence-electron chi connectivity index (χ4n) is 1.46. The second kappa shape index (κ2) is 6.17. The van der Waals surface area contributed by atoms with E-state index in [4.69, 9.17) is 6.42 Å². The van der Waals surface area contributed by atoms with Gasteiger partial charge in [-0.3, -0.25) is 15.0 Å². The van der Waals surface area contributed by atoms with Crippen LogP contribution in [0.1, 0.15) is 25.7 Å². The van der Waals surface area contributed by atoms with Crippen LogP contribution in [-0.2, 0) is 9.59 Å². The van der Waals surface area contributed by atoms with Crippen LogP contribution in [0.2, 0.25) is 0 Å². The van der Waals surface area contributed by atoms with Crippen molar-refractivity contribution in [2.45, 2.75) is 25.7 Å². The molecule has 0 aliphatic carbocycles. The van der Waals surface area contributed by atoms with Crippen molar-refractivity contribution in [2.24, 2.45) is 5.92 Å². The molecule has 0 saturated carbocycles. The molecule has 1 atom stereocenters. The number of carbonyl (C=O) groups excluding carboxylic acids is 2. The van der Waals surface area contributed by atoms with Crippen LogP contribution >= 0.6 is 0 Å². The Labute approximate surface area is 88.9 Å². The molecule has 3 N–H and O–H groups in total. The highest BCUT2D eigenvalue weighted by Crippen LogP contribution is 2.11. The molecule has 0 aromatic carbocycles. The largest absolute Gasteiger partial charge is 0.299 e. The van der Waals surface area contributed by atoms with Gasteiger partial charge in [0.15, 0.2) is 0 Å². The maximum atomic E-state index is 11.6. The van der Waals surface area contributed by atoms with Gasteiger partial charge in [0.2, 0.25) is 5.91 Å². The molecule has 5 heteroatoms. The summed E-state index contributed by atoms with van der Waals surface area (Å²) in [4.78, 5) is 22.6. The minimum atomic E-state index is -0.311. The Hall–Kier alpha value is -1.38. The molecular weight excluding hydrogens is 194 g/mol. The van der Waals surface area contributed by atoms with E-state index in [-0.39, 0.29) is 24.0 Å². The van der Waals surface area contributed by atoms with Crippen LogP contribution < -0.4 is 16.4 Å². The van der Waals surface area contributed by atoms with Crippen molar-refractivity contribution in [3.63, 3.8) is 0 Å². The predicted octanol–water partition coefficient (Wildman–Crippen LogP) is -0.496. The van der Waals surface area contributed by atoms with Crippen LogP contribution in [0.15, 0.2) is 0 Å². The highest BCUT2D eigenvalue weighted by molar-refractivity contribution is 5.99. The summed E-state index contributed by atoms with van der Waals surface area (Å²) in [6, 6.07) is 0. The molecule has 82 valence electrons. The van der Waals surface area contributed by atoms with Crippen LogP contribution in [-0.4, -0.2) is 18.2 Å². The maximum absolute atomic E-state index is 11.6. The summed E-state index contributed by atoms with van der Waals surface area (Å²) in [6.45, 7) is 0.518. The molecule has 1 aliphatic heterocycles. The molecule has 1 heterocycles. The lowest BCUT2D eigenvalue weighted by Gasteiger charge is -2.19. The van der Waals surface area contributed by atoms with Gasteiger partial charge in [-0.1, -0.05) is 0 Å². The van der Waals surface area contributed by atoms with Crippen molar-refractivity contribution in [2.75, 3.05) is 6.54 Å². The summed E-state index contributed by atoms with van der Waals surface area (Å²) in [6.07, 6.45) is 7.28. The van der Waals surface area contributed by atoms with E-state index in [1.54, 1.807) is 0 Å². The first-order valence-electron chi connectivity index (χ1n) is 4.97. The zero-order valence-corrected chi connectivity index (χ0v) is 8.51. The van der Waals surface area contributed by atoms with Gasteiger partial charge in [-0.25, -0.2) is 5.43 Å². The number of amides is 1. The van der Waals surface area contributed by atoms with E-state index in [1.807, 2.05) is 0 Å². The van der Waals surface area contributed by atoms with Crippen LogP contribution in [0.5, 0.6) is 0 Å². The van der Waals surface area contributed by atoms with E-state index in [9.17, 15) is 9.59 Å². The molecule has 1 fully saturated rings.